The maximum Gasteiger partial charge on any atom is 0.322 e. The summed E-state index contributed by atoms with van der Waals surface area (Å²) in [7, 11) is 1.76. The summed E-state index contributed by atoms with van der Waals surface area (Å²) in [5.41, 5.74) is 0.661. The summed E-state index contributed by atoms with van der Waals surface area (Å²) < 4.78 is 1.79. The zero-order valence-electron chi connectivity index (χ0n) is 12.0. The van der Waals surface area contributed by atoms with Crippen LogP contribution < -0.4 is 5.32 Å². The van der Waals surface area contributed by atoms with E-state index in [1.165, 1.54) is 0 Å². The first kappa shape index (κ1) is 14.4. The Morgan fingerprint density at radius 2 is 2.25 bits per heavy atom. The van der Waals surface area contributed by atoms with E-state index in [0.29, 0.717) is 18.8 Å². The highest BCUT2D eigenvalue weighted by Gasteiger charge is 2.22. The monoisotopic (exact) mass is 279 g/mol. The third-order valence-corrected chi connectivity index (χ3v) is 3.30. The van der Waals surface area contributed by atoms with Gasteiger partial charge in [0.25, 0.3) is 0 Å². The Hall–Kier alpha value is -2.05. The van der Waals surface area contributed by atoms with Crippen LogP contribution >= 0.6 is 0 Å². The van der Waals surface area contributed by atoms with E-state index >= 15 is 0 Å². The second-order valence-corrected chi connectivity index (χ2v) is 5.01. The zero-order valence-corrected chi connectivity index (χ0v) is 12.0. The van der Waals surface area contributed by atoms with Crippen molar-refractivity contribution >= 4 is 17.6 Å². The van der Waals surface area contributed by atoms with Crippen molar-refractivity contribution < 1.29 is 9.59 Å². The number of urea groups is 1. The van der Waals surface area contributed by atoms with Crippen molar-refractivity contribution in [3.63, 3.8) is 0 Å². The molecule has 0 aromatic carbocycles. The minimum absolute atomic E-state index is 0.0284. The molecule has 1 N–H and O–H groups in total. The van der Waals surface area contributed by atoms with Crippen molar-refractivity contribution in [3.8, 4) is 0 Å². The highest BCUT2D eigenvalue weighted by Crippen LogP contribution is 2.09. The van der Waals surface area contributed by atoms with Gasteiger partial charge in [-0.2, -0.15) is 5.10 Å². The van der Waals surface area contributed by atoms with E-state index < -0.39 is 0 Å². The number of carbonyl (C=O) groups is 2. The van der Waals surface area contributed by atoms with E-state index in [1.807, 2.05) is 0 Å². The SMILES string of the molecule is CCCn1cc(NC(=O)N2CCCN(C)C(=O)C2)cn1. The van der Waals surface area contributed by atoms with E-state index in [1.54, 1.807) is 33.9 Å². The molecular formula is C13H21N5O2. The molecule has 2 rings (SSSR count). The van der Waals surface area contributed by atoms with Gasteiger partial charge < -0.3 is 15.1 Å². The molecular weight excluding hydrogens is 258 g/mol. The molecule has 0 atom stereocenters. The predicted molar refractivity (Wildman–Crippen MR) is 75.4 cm³/mol. The fourth-order valence-electron chi connectivity index (χ4n) is 2.14. The van der Waals surface area contributed by atoms with Crippen LogP contribution in [0.2, 0.25) is 0 Å². The van der Waals surface area contributed by atoms with Gasteiger partial charge in [0, 0.05) is 32.9 Å². The smallest absolute Gasteiger partial charge is 0.322 e. The lowest BCUT2D eigenvalue weighted by molar-refractivity contribution is -0.129. The Morgan fingerprint density at radius 3 is 3.00 bits per heavy atom. The number of amides is 3. The van der Waals surface area contributed by atoms with Crippen LogP contribution in [0.4, 0.5) is 10.5 Å². The predicted octanol–water partition coefficient (Wildman–Crippen LogP) is 0.989. The van der Waals surface area contributed by atoms with Crippen molar-refractivity contribution in [2.45, 2.75) is 26.3 Å². The van der Waals surface area contributed by atoms with E-state index in [9.17, 15) is 9.59 Å². The largest absolute Gasteiger partial charge is 0.344 e. The van der Waals surface area contributed by atoms with Crippen molar-refractivity contribution in [2.75, 3.05) is 32.0 Å². The highest BCUT2D eigenvalue weighted by atomic mass is 16.2. The molecule has 7 nitrogen and oxygen atoms in total. The van der Waals surface area contributed by atoms with Crippen molar-refractivity contribution in [1.82, 2.24) is 19.6 Å². The number of hydrogen-bond acceptors (Lipinski definition) is 3. The molecule has 1 aromatic heterocycles. The van der Waals surface area contributed by atoms with Crippen LogP contribution in [0.5, 0.6) is 0 Å². The van der Waals surface area contributed by atoms with Gasteiger partial charge in [-0.15, -0.1) is 0 Å². The minimum atomic E-state index is -0.246. The lowest BCUT2D eigenvalue weighted by Crippen LogP contribution is -2.40. The maximum atomic E-state index is 12.1. The summed E-state index contributed by atoms with van der Waals surface area (Å²) in [6.07, 6.45) is 5.21. The van der Waals surface area contributed by atoms with Crippen LogP contribution in [0, 0.1) is 0 Å². The molecule has 1 aliphatic heterocycles. The molecule has 0 bridgehead atoms. The fraction of sp³-hybridized carbons (Fsp3) is 0.615. The quantitative estimate of drug-likeness (QED) is 0.897. The van der Waals surface area contributed by atoms with Crippen molar-refractivity contribution in [3.05, 3.63) is 12.4 Å². The summed E-state index contributed by atoms with van der Waals surface area (Å²) in [5.74, 6) is -0.0284. The summed E-state index contributed by atoms with van der Waals surface area (Å²) in [4.78, 5) is 27.1. The van der Waals surface area contributed by atoms with Gasteiger partial charge in [-0.05, 0) is 12.8 Å². The summed E-state index contributed by atoms with van der Waals surface area (Å²) in [6.45, 7) is 4.30. The normalized spacial score (nSPS) is 16.2. The average Bonchev–Trinajstić information content (AvgIpc) is 2.77. The first-order valence-corrected chi connectivity index (χ1v) is 6.92. The van der Waals surface area contributed by atoms with Crippen LogP contribution in [0.25, 0.3) is 0 Å². The number of carbonyl (C=O) groups excluding carboxylic acids is 2. The Bertz CT molecular complexity index is 485. The number of aromatic nitrogens is 2. The molecule has 0 spiro atoms. The Kier molecular flexibility index (Phi) is 4.60. The third-order valence-electron chi connectivity index (χ3n) is 3.30. The number of nitrogens with zero attached hydrogens (tertiary/aromatic N) is 4. The van der Waals surface area contributed by atoms with Gasteiger partial charge in [0.2, 0.25) is 5.91 Å². The summed E-state index contributed by atoms with van der Waals surface area (Å²) >= 11 is 0. The molecule has 1 aromatic rings. The van der Waals surface area contributed by atoms with Crippen molar-refractivity contribution in [2.24, 2.45) is 0 Å². The standard InChI is InChI=1S/C13H21N5O2/c1-3-5-18-9-11(8-14-18)15-13(20)17-7-4-6-16(2)12(19)10-17/h8-9H,3-7,10H2,1-2H3,(H,15,20). The lowest BCUT2D eigenvalue weighted by Gasteiger charge is -2.19. The number of anilines is 1. The van der Waals surface area contributed by atoms with Crippen LogP contribution in [0.3, 0.4) is 0 Å². The molecule has 2 heterocycles. The van der Waals surface area contributed by atoms with Crippen LogP contribution in [-0.2, 0) is 11.3 Å². The number of nitrogens with one attached hydrogen (secondary N) is 1. The summed E-state index contributed by atoms with van der Waals surface area (Å²) in [5, 5.41) is 6.94. The Balaban J connectivity index is 1.94. The van der Waals surface area contributed by atoms with Gasteiger partial charge in [0.1, 0.15) is 6.54 Å². The van der Waals surface area contributed by atoms with E-state index in [0.717, 1.165) is 19.4 Å². The van der Waals surface area contributed by atoms with Gasteiger partial charge in [0.05, 0.1) is 11.9 Å². The first-order valence-electron chi connectivity index (χ1n) is 6.92. The molecule has 0 radical (unpaired) electrons. The van der Waals surface area contributed by atoms with Gasteiger partial charge in [-0.25, -0.2) is 4.79 Å². The summed E-state index contributed by atoms with van der Waals surface area (Å²) in [6, 6.07) is -0.246. The van der Waals surface area contributed by atoms with Gasteiger partial charge in [-0.3, -0.25) is 9.48 Å². The van der Waals surface area contributed by atoms with Crippen LogP contribution in [-0.4, -0.2) is 58.2 Å². The highest BCUT2D eigenvalue weighted by molar-refractivity contribution is 5.92. The van der Waals surface area contributed by atoms with Crippen molar-refractivity contribution in [1.29, 1.82) is 0 Å². The Labute approximate surface area is 118 Å². The maximum absolute atomic E-state index is 12.1. The lowest BCUT2D eigenvalue weighted by atomic mass is 10.4. The second-order valence-electron chi connectivity index (χ2n) is 5.01. The molecule has 0 unspecified atom stereocenters. The van der Waals surface area contributed by atoms with E-state index in [-0.39, 0.29) is 18.5 Å². The zero-order chi connectivity index (χ0) is 14.5. The van der Waals surface area contributed by atoms with E-state index in [2.05, 4.69) is 17.3 Å². The molecule has 3 amide bonds. The van der Waals surface area contributed by atoms with Crippen LogP contribution in [0.1, 0.15) is 19.8 Å². The number of rotatable bonds is 3. The number of likely N-dealkylation sites (N-methyl/N-ethyl adjacent to an activating group) is 1. The second kappa shape index (κ2) is 6.40. The molecule has 0 aliphatic carbocycles. The minimum Gasteiger partial charge on any atom is -0.344 e. The molecule has 7 heteroatoms. The number of hydrogen-bond donors (Lipinski definition) is 1. The fourth-order valence-corrected chi connectivity index (χ4v) is 2.14. The molecule has 110 valence electrons. The average molecular weight is 279 g/mol. The van der Waals surface area contributed by atoms with Gasteiger partial charge in [-0.1, -0.05) is 6.92 Å². The molecule has 1 aliphatic rings. The third kappa shape index (κ3) is 3.49. The topological polar surface area (TPSA) is 70.5 Å². The number of aryl methyl sites for hydroxylation is 1. The molecule has 20 heavy (non-hydrogen) atoms. The molecule has 1 fully saturated rings. The molecule has 0 saturated carbocycles. The van der Waals surface area contributed by atoms with Gasteiger partial charge >= 0.3 is 6.03 Å². The Morgan fingerprint density at radius 1 is 1.45 bits per heavy atom. The van der Waals surface area contributed by atoms with E-state index in [4.69, 9.17) is 0 Å². The molecule has 1 saturated heterocycles. The first-order chi connectivity index (χ1) is 9.60. The van der Waals surface area contributed by atoms with Crippen LogP contribution in [0.15, 0.2) is 12.4 Å². The van der Waals surface area contributed by atoms with Gasteiger partial charge in [0.15, 0.2) is 0 Å².